The molecule has 532 valence electrons. The molecule has 0 radical (unpaired) electrons. The summed E-state index contributed by atoms with van der Waals surface area (Å²) >= 11 is 0. The number of piperazine rings is 1. The molecule has 1 fully saturated rings. The number of halogens is 8. The molecule has 6 aromatic heterocycles. The van der Waals surface area contributed by atoms with Crippen molar-refractivity contribution in [2.24, 2.45) is 0 Å². The molecular formula is C92H58F8N10. The first kappa shape index (κ1) is 66.7. The van der Waals surface area contributed by atoms with Crippen LogP contribution in [-0.4, -0.2) is 66.1 Å². The third-order valence-corrected chi connectivity index (χ3v) is 20.8. The van der Waals surface area contributed by atoms with Crippen LogP contribution >= 0.6 is 0 Å². The van der Waals surface area contributed by atoms with Crippen molar-refractivity contribution in [2.75, 3.05) is 36.0 Å². The average molecular weight is 1460 g/mol. The topological polar surface area (TPSA) is 121 Å². The van der Waals surface area contributed by atoms with Crippen LogP contribution in [0.4, 0.5) is 46.5 Å². The Morgan fingerprint density at radius 2 is 0.355 bits per heavy atom. The summed E-state index contributed by atoms with van der Waals surface area (Å²) < 4.78 is 142. The summed E-state index contributed by atoms with van der Waals surface area (Å²) in [5.41, 5.74) is 10.4. The van der Waals surface area contributed by atoms with E-state index in [4.69, 9.17) is 19.9 Å². The van der Waals surface area contributed by atoms with E-state index in [0.29, 0.717) is 78.5 Å². The van der Waals surface area contributed by atoms with Crippen molar-refractivity contribution in [3.05, 3.63) is 323 Å². The second-order valence-electron chi connectivity index (χ2n) is 27.1. The van der Waals surface area contributed by atoms with Crippen LogP contribution in [0.15, 0.2) is 231 Å². The van der Waals surface area contributed by atoms with Crippen LogP contribution in [-0.2, 0) is 0 Å². The molecule has 0 spiro atoms. The molecule has 16 bridgehead atoms. The van der Waals surface area contributed by atoms with E-state index in [1.54, 1.807) is 36.4 Å². The van der Waals surface area contributed by atoms with Gasteiger partial charge in [0.25, 0.3) is 0 Å². The van der Waals surface area contributed by atoms with Gasteiger partial charge in [0.05, 0.1) is 56.7 Å². The molecule has 0 saturated carbocycles. The van der Waals surface area contributed by atoms with E-state index >= 15 is 35.1 Å². The predicted octanol–water partition coefficient (Wildman–Crippen LogP) is 23.4. The fourth-order valence-corrected chi connectivity index (χ4v) is 15.8. The Bertz CT molecular complexity index is 6090. The van der Waals surface area contributed by atoms with Crippen LogP contribution in [0.1, 0.15) is 45.6 Å². The molecule has 18 heteroatoms. The highest BCUT2D eigenvalue weighted by Gasteiger charge is 2.37. The fourth-order valence-electron chi connectivity index (χ4n) is 15.8. The molecule has 14 aromatic rings. The first-order valence-electron chi connectivity index (χ1n) is 35.8. The van der Waals surface area contributed by atoms with Crippen LogP contribution in [0, 0.1) is 46.5 Å². The summed E-state index contributed by atoms with van der Waals surface area (Å²) in [6.07, 6.45) is 14.0. The van der Waals surface area contributed by atoms with E-state index in [1.807, 2.05) is 231 Å². The summed E-state index contributed by atoms with van der Waals surface area (Å²) in [6, 6.07) is 71.6. The average Bonchev–Trinajstić information content (AvgIpc) is 1.50. The van der Waals surface area contributed by atoms with Crippen molar-refractivity contribution in [1.29, 1.82) is 0 Å². The monoisotopic (exact) mass is 1450 g/mol. The first-order chi connectivity index (χ1) is 53.9. The maximum absolute atomic E-state index is 17.8. The lowest BCUT2D eigenvalue weighted by Crippen LogP contribution is -2.48. The largest absolute Gasteiger partial charge is 0.363 e. The van der Waals surface area contributed by atoms with Gasteiger partial charge in [-0.05, 0) is 131 Å². The maximum atomic E-state index is 17.8. The predicted molar refractivity (Wildman–Crippen MR) is 425 cm³/mol. The Morgan fingerprint density at radius 3 is 0.536 bits per heavy atom. The van der Waals surface area contributed by atoms with Gasteiger partial charge >= 0.3 is 0 Å². The van der Waals surface area contributed by atoms with Crippen molar-refractivity contribution in [3.63, 3.8) is 0 Å². The minimum atomic E-state index is -1.77. The Morgan fingerprint density at radius 1 is 0.191 bits per heavy atom. The third-order valence-electron chi connectivity index (χ3n) is 20.8. The number of anilines is 2. The number of fused-ring (bicyclic) bond motifs is 16. The van der Waals surface area contributed by atoms with Crippen molar-refractivity contribution >= 4 is 104 Å². The van der Waals surface area contributed by atoms with Crippen LogP contribution in [0.3, 0.4) is 0 Å². The summed E-state index contributed by atoms with van der Waals surface area (Å²) in [5.74, 6) is -14.2. The normalized spacial score (nSPS) is 13.1. The number of nitrogens with one attached hydrogen (secondary N) is 4. The lowest BCUT2D eigenvalue weighted by Gasteiger charge is -2.38. The molecular weight excluding hydrogens is 1400 g/mol. The number of H-pyrrole nitrogens is 4. The van der Waals surface area contributed by atoms with Crippen LogP contribution in [0.5, 0.6) is 0 Å². The van der Waals surface area contributed by atoms with Gasteiger partial charge < -0.3 is 29.7 Å². The Labute approximate surface area is 623 Å². The Balaban J connectivity index is 0.730. The minimum Gasteiger partial charge on any atom is -0.363 e. The molecule has 5 aliphatic heterocycles. The highest BCUT2D eigenvalue weighted by Crippen LogP contribution is 2.47. The Kier molecular flexibility index (Phi) is 16.4. The minimum absolute atomic E-state index is 0.0431. The SMILES string of the molecule is Fc1c(F)c(N2CCN(c3c(F)c(F)c(-c4c5nc(c(-c6ccccc6)c6ccc([nH]6)c(-c6ccccc6)c6nc(c(-c7ccccc7)c7ccc4[nH]7)C=C6)C=C5)c(F)c3F)CC2)c(F)c(F)c1-c1c2nc(c(-c3ccccc3)c3ccc([nH]3)c(-c3ccccc3)c3nc(c(-c4ccccc4)c4ccc1[nH]4)C=C3)C=C2. The zero-order valence-corrected chi connectivity index (χ0v) is 58.1. The molecule has 0 aliphatic carbocycles. The van der Waals surface area contributed by atoms with Gasteiger partial charge in [0.15, 0.2) is 46.5 Å². The second kappa shape index (κ2) is 27.1. The smallest absolute Gasteiger partial charge is 0.185 e. The number of hydrogen-bond acceptors (Lipinski definition) is 6. The van der Waals surface area contributed by atoms with Gasteiger partial charge in [0.2, 0.25) is 0 Å². The van der Waals surface area contributed by atoms with Crippen molar-refractivity contribution in [1.82, 2.24) is 39.9 Å². The standard InChI is InChI=1S/C92H58F8N10/c93-83-81(79-69-43-39-65(105-69)75(53-23-11-3-12-24-53)61-35-31-57(101-61)73(51-19-7-1-8-20-51)58-32-36-62(102-58)76(54-25-13-4-14-26-54)66-40-44-70(79)106-66)84(94)88(98)91(87(83)97)109-47-49-110(50-48-109)92-89(99)85(95)82(86(96)90(92)100)80-71-45-41-67(107-71)77(55-27-15-5-16-28-55)63-37-33-59(103-63)74(52-21-9-2-10-22-52)60-34-38-64(104-60)78(56-29-17-6-18-30-56)68-42-46-72(80)108-68/h1-46,101,103,106,108H,47-50H2. The highest BCUT2D eigenvalue weighted by atomic mass is 19.2. The molecule has 11 heterocycles. The summed E-state index contributed by atoms with van der Waals surface area (Å²) in [7, 11) is 0. The maximum Gasteiger partial charge on any atom is 0.185 e. The number of nitrogens with zero attached hydrogens (tertiary/aromatic N) is 6. The quantitative estimate of drug-likeness (QED) is 0.0800. The summed E-state index contributed by atoms with van der Waals surface area (Å²) in [4.78, 5) is 36.6. The van der Waals surface area contributed by atoms with E-state index in [0.717, 1.165) is 65.3 Å². The molecule has 8 aromatic carbocycles. The van der Waals surface area contributed by atoms with Crippen LogP contribution in [0.25, 0.3) is 182 Å². The molecule has 10 nitrogen and oxygen atoms in total. The lowest BCUT2D eigenvalue weighted by atomic mass is 9.99. The number of aromatic amines is 4. The second-order valence-corrected chi connectivity index (χ2v) is 27.1. The van der Waals surface area contributed by atoms with Gasteiger partial charge in [-0.25, -0.2) is 55.1 Å². The molecule has 5 aliphatic rings. The Hall–Kier alpha value is -14.0. The van der Waals surface area contributed by atoms with Crippen molar-refractivity contribution in [3.8, 4) is 89.0 Å². The lowest BCUT2D eigenvalue weighted by molar-refractivity contribution is 0.445. The molecule has 0 amide bonds. The van der Waals surface area contributed by atoms with E-state index in [9.17, 15) is 0 Å². The zero-order valence-electron chi connectivity index (χ0n) is 58.1. The van der Waals surface area contributed by atoms with Crippen molar-refractivity contribution in [2.45, 2.75) is 0 Å². The highest BCUT2D eigenvalue weighted by molar-refractivity contribution is 6.03. The van der Waals surface area contributed by atoms with Gasteiger partial charge in [-0.15, -0.1) is 0 Å². The molecule has 19 rings (SSSR count). The van der Waals surface area contributed by atoms with Crippen LogP contribution in [0.2, 0.25) is 0 Å². The molecule has 4 N–H and O–H groups in total. The third kappa shape index (κ3) is 11.3. The molecule has 0 unspecified atom stereocenters. The van der Waals surface area contributed by atoms with Gasteiger partial charge in [0.1, 0.15) is 11.4 Å². The summed E-state index contributed by atoms with van der Waals surface area (Å²) in [6.45, 7) is -2.13. The van der Waals surface area contributed by atoms with E-state index in [2.05, 4.69) is 19.9 Å². The molecule has 110 heavy (non-hydrogen) atoms. The zero-order chi connectivity index (χ0) is 74.4. The van der Waals surface area contributed by atoms with E-state index in [-0.39, 0.29) is 33.5 Å². The van der Waals surface area contributed by atoms with E-state index in [1.165, 1.54) is 12.2 Å². The fraction of sp³-hybridized carbons (Fsp3) is 0.0435. The first-order valence-corrected chi connectivity index (χ1v) is 35.8. The van der Waals surface area contributed by atoms with Gasteiger partial charge in [-0.2, -0.15) is 0 Å². The van der Waals surface area contributed by atoms with Crippen molar-refractivity contribution < 1.29 is 35.1 Å². The molecule has 1 saturated heterocycles. The van der Waals surface area contributed by atoms with Crippen LogP contribution < -0.4 is 9.80 Å². The van der Waals surface area contributed by atoms with Gasteiger partial charge in [0, 0.05) is 115 Å². The number of rotatable bonds is 10. The summed E-state index contributed by atoms with van der Waals surface area (Å²) in [5, 5.41) is 0. The molecule has 0 atom stereocenters. The number of hydrogen-bond donors (Lipinski definition) is 4. The number of benzene rings is 8. The van der Waals surface area contributed by atoms with Gasteiger partial charge in [-0.1, -0.05) is 182 Å². The number of aromatic nitrogens is 8. The van der Waals surface area contributed by atoms with Gasteiger partial charge in [-0.3, -0.25) is 0 Å². The van der Waals surface area contributed by atoms with E-state index < -0.39 is 95.2 Å².